The highest BCUT2D eigenvalue weighted by molar-refractivity contribution is 7.20. The van der Waals surface area contributed by atoms with Crippen LogP contribution in [0.1, 0.15) is 9.80 Å². The Hall–Kier alpha value is -2.71. The highest BCUT2D eigenvalue weighted by Crippen LogP contribution is 2.26. The van der Waals surface area contributed by atoms with Crippen LogP contribution in [0, 0.1) is 0 Å². The van der Waals surface area contributed by atoms with Crippen molar-refractivity contribution in [2.24, 2.45) is 0 Å². The smallest absolute Gasteiger partial charge is 0.409 e. The summed E-state index contributed by atoms with van der Waals surface area (Å²) in [6.45, 7) is 1.67. The number of piperazine rings is 1. The number of ether oxygens (including phenoxy) is 1. The van der Waals surface area contributed by atoms with Gasteiger partial charge in [-0.2, -0.15) is 0 Å². The number of hydrogen-bond donors (Lipinski definition) is 0. The molecule has 27 heavy (non-hydrogen) atoms. The van der Waals surface area contributed by atoms with Crippen LogP contribution < -0.4 is 4.74 Å². The molecule has 0 radical (unpaired) electrons. The predicted molar refractivity (Wildman–Crippen MR) is 102 cm³/mol. The minimum atomic E-state index is -0.440. The van der Waals surface area contributed by atoms with E-state index < -0.39 is 6.09 Å². The number of halogens is 1. The zero-order chi connectivity index (χ0) is 18.8. The number of benzene rings is 1. The van der Waals surface area contributed by atoms with E-state index in [4.69, 9.17) is 16.3 Å². The van der Waals surface area contributed by atoms with E-state index in [1.165, 1.54) is 17.5 Å². The highest BCUT2D eigenvalue weighted by Gasteiger charge is 2.27. The van der Waals surface area contributed by atoms with Gasteiger partial charge in [0.25, 0.3) is 5.91 Å². The van der Waals surface area contributed by atoms with Crippen LogP contribution in [0.4, 0.5) is 4.79 Å². The average Bonchev–Trinajstić information content (AvgIpc) is 3.11. The Morgan fingerprint density at radius 2 is 1.89 bits per heavy atom. The molecule has 0 atom stereocenters. The van der Waals surface area contributed by atoms with Crippen molar-refractivity contribution in [3.63, 3.8) is 0 Å². The number of fused-ring (bicyclic) bond motifs is 1. The van der Waals surface area contributed by atoms with Gasteiger partial charge in [-0.25, -0.2) is 9.78 Å². The standard InChI is InChI=1S/C18H15ClN4O3S/c19-12-3-4-14-15(10-12)27-16(21-14)17(24)22-6-8-23(9-7-22)18(25)26-13-2-1-5-20-11-13/h1-5,10-11H,6-9H2. The first-order chi connectivity index (χ1) is 13.1. The first-order valence-electron chi connectivity index (χ1n) is 8.32. The van der Waals surface area contributed by atoms with E-state index in [-0.39, 0.29) is 5.91 Å². The van der Waals surface area contributed by atoms with Gasteiger partial charge < -0.3 is 14.5 Å². The second kappa shape index (κ2) is 7.50. The van der Waals surface area contributed by atoms with Crippen LogP contribution in [-0.2, 0) is 0 Å². The quantitative estimate of drug-likeness (QED) is 0.657. The summed E-state index contributed by atoms with van der Waals surface area (Å²) < 4.78 is 6.16. The molecule has 3 heterocycles. The topological polar surface area (TPSA) is 75.6 Å². The molecule has 2 aromatic heterocycles. The third-order valence-corrected chi connectivity index (χ3v) is 5.44. The molecule has 138 valence electrons. The van der Waals surface area contributed by atoms with Crippen molar-refractivity contribution < 1.29 is 14.3 Å². The first-order valence-corrected chi connectivity index (χ1v) is 9.52. The maximum atomic E-state index is 12.7. The summed E-state index contributed by atoms with van der Waals surface area (Å²) in [5, 5.41) is 1.05. The van der Waals surface area contributed by atoms with E-state index in [9.17, 15) is 9.59 Å². The van der Waals surface area contributed by atoms with Crippen LogP contribution in [0.3, 0.4) is 0 Å². The van der Waals surface area contributed by atoms with Crippen molar-refractivity contribution in [3.05, 3.63) is 52.8 Å². The Labute approximate surface area is 164 Å². The van der Waals surface area contributed by atoms with Gasteiger partial charge in [0.1, 0.15) is 0 Å². The minimum absolute atomic E-state index is 0.132. The fourth-order valence-corrected chi connectivity index (χ4v) is 4.00. The molecule has 0 bridgehead atoms. The molecular weight excluding hydrogens is 388 g/mol. The van der Waals surface area contributed by atoms with Crippen LogP contribution in [0.15, 0.2) is 42.7 Å². The van der Waals surface area contributed by atoms with Crippen molar-refractivity contribution in [3.8, 4) is 5.75 Å². The lowest BCUT2D eigenvalue weighted by Crippen LogP contribution is -2.51. The molecule has 0 spiro atoms. The van der Waals surface area contributed by atoms with E-state index in [0.717, 1.165) is 10.2 Å². The zero-order valence-electron chi connectivity index (χ0n) is 14.2. The molecular formula is C18H15ClN4O3S. The Bertz CT molecular complexity index is 987. The lowest BCUT2D eigenvalue weighted by molar-refractivity contribution is 0.0633. The molecule has 1 saturated heterocycles. The molecule has 0 aliphatic carbocycles. The number of nitrogens with zero attached hydrogens (tertiary/aromatic N) is 4. The number of carbonyl (C=O) groups excluding carboxylic acids is 2. The fraction of sp³-hybridized carbons (Fsp3) is 0.222. The molecule has 0 saturated carbocycles. The summed E-state index contributed by atoms with van der Waals surface area (Å²) in [5.41, 5.74) is 0.756. The summed E-state index contributed by atoms with van der Waals surface area (Å²) in [6.07, 6.45) is 2.65. The van der Waals surface area contributed by atoms with Gasteiger partial charge in [0.15, 0.2) is 10.8 Å². The minimum Gasteiger partial charge on any atom is -0.409 e. The molecule has 1 aliphatic heterocycles. The van der Waals surface area contributed by atoms with Gasteiger partial charge in [-0.15, -0.1) is 11.3 Å². The van der Waals surface area contributed by atoms with Gasteiger partial charge >= 0.3 is 6.09 Å². The second-order valence-corrected chi connectivity index (χ2v) is 7.43. The fourth-order valence-electron chi connectivity index (χ4n) is 2.79. The van der Waals surface area contributed by atoms with Crippen LogP contribution >= 0.6 is 22.9 Å². The third-order valence-electron chi connectivity index (χ3n) is 4.20. The summed E-state index contributed by atoms with van der Waals surface area (Å²) >= 11 is 7.31. The van der Waals surface area contributed by atoms with Gasteiger partial charge in [-0.3, -0.25) is 9.78 Å². The molecule has 4 rings (SSSR count). The number of rotatable bonds is 2. The van der Waals surface area contributed by atoms with Crippen molar-refractivity contribution in [1.29, 1.82) is 0 Å². The van der Waals surface area contributed by atoms with Gasteiger partial charge in [0, 0.05) is 37.4 Å². The number of pyridine rings is 1. The Balaban J connectivity index is 1.38. The number of amides is 2. The molecule has 3 aromatic rings. The molecule has 1 aromatic carbocycles. The summed E-state index contributed by atoms with van der Waals surface area (Å²) in [5.74, 6) is 0.266. The van der Waals surface area contributed by atoms with Gasteiger partial charge in [0.05, 0.1) is 16.4 Å². The van der Waals surface area contributed by atoms with Crippen LogP contribution in [-0.4, -0.2) is 57.9 Å². The van der Waals surface area contributed by atoms with Crippen LogP contribution in [0.25, 0.3) is 10.2 Å². The summed E-state index contributed by atoms with van der Waals surface area (Å²) in [6, 6.07) is 8.73. The SMILES string of the molecule is O=C(Oc1cccnc1)N1CCN(C(=O)c2nc3ccc(Cl)cc3s2)CC1. The average molecular weight is 403 g/mol. The van der Waals surface area contributed by atoms with E-state index in [1.54, 1.807) is 46.3 Å². The number of aromatic nitrogens is 2. The molecule has 1 fully saturated rings. The zero-order valence-corrected chi connectivity index (χ0v) is 15.7. The maximum Gasteiger partial charge on any atom is 0.415 e. The Morgan fingerprint density at radius 1 is 1.11 bits per heavy atom. The van der Waals surface area contributed by atoms with Gasteiger partial charge in [0.2, 0.25) is 0 Å². The molecule has 0 N–H and O–H groups in total. The highest BCUT2D eigenvalue weighted by atomic mass is 35.5. The summed E-state index contributed by atoms with van der Waals surface area (Å²) in [7, 11) is 0. The van der Waals surface area contributed by atoms with Crippen LogP contribution in [0.5, 0.6) is 5.75 Å². The van der Waals surface area contributed by atoms with Crippen molar-refractivity contribution >= 4 is 45.2 Å². The first kappa shape index (κ1) is 17.7. The van der Waals surface area contributed by atoms with E-state index in [0.29, 0.717) is 42.0 Å². The van der Waals surface area contributed by atoms with E-state index >= 15 is 0 Å². The molecule has 1 aliphatic rings. The third kappa shape index (κ3) is 3.86. The van der Waals surface area contributed by atoms with Crippen molar-refractivity contribution in [2.45, 2.75) is 0 Å². The van der Waals surface area contributed by atoms with Gasteiger partial charge in [-0.1, -0.05) is 11.6 Å². The summed E-state index contributed by atoms with van der Waals surface area (Å²) in [4.78, 5) is 36.5. The van der Waals surface area contributed by atoms with Crippen molar-refractivity contribution in [1.82, 2.24) is 19.8 Å². The monoisotopic (exact) mass is 402 g/mol. The normalized spacial score (nSPS) is 14.4. The van der Waals surface area contributed by atoms with E-state index in [2.05, 4.69) is 9.97 Å². The lowest BCUT2D eigenvalue weighted by atomic mass is 10.3. The maximum absolute atomic E-state index is 12.7. The molecule has 7 nitrogen and oxygen atoms in total. The van der Waals surface area contributed by atoms with E-state index in [1.807, 2.05) is 0 Å². The Kier molecular flexibility index (Phi) is 4.91. The predicted octanol–water partition coefficient (Wildman–Crippen LogP) is 3.30. The lowest BCUT2D eigenvalue weighted by Gasteiger charge is -2.33. The number of thiazole rings is 1. The molecule has 0 unspecified atom stereocenters. The largest absolute Gasteiger partial charge is 0.415 e. The number of carbonyl (C=O) groups is 2. The Morgan fingerprint density at radius 3 is 2.63 bits per heavy atom. The molecule has 9 heteroatoms. The second-order valence-electron chi connectivity index (χ2n) is 5.97. The van der Waals surface area contributed by atoms with Gasteiger partial charge in [-0.05, 0) is 30.3 Å². The number of hydrogen-bond acceptors (Lipinski definition) is 6. The van der Waals surface area contributed by atoms with Crippen LogP contribution in [0.2, 0.25) is 5.02 Å². The molecule has 2 amide bonds. The van der Waals surface area contributed by atoms with Crippen molar-refractivity contribution in [2.75, 3.05) is 26.2 Å².